The smallest absolute Gasteiger partial charge is 0.338 e. The Hall–Kier alpha value is -2.27. The Morgan fingerprint density at radius 1 is 1.50 bits per heavy atom. The van der Waals surface area contributed by atoms with Gasteiger partial charge in [-0.25, -0.2) is 22.7 Å². The average molecular weight is 307 g/mol. The van der Waals surface area contributed by atoms with E-state index in [9.17, 15) is 27.7 Å². The van der Waals surface area contributed by atoms with Crippen LogP contribution in [0.15, 0.2) is 12.1 Å². The molecule has 0 aliphatic heterocycles. The molecule has 0 saturated carbocycles. The van der Waals surface area contributed by atoms with E-state index in [2.05, 4.69) is 5.32 Å². The molecule has 0 aromatic heterocycles. The van der Waals surface area contributed by atoms with Gasteiger partial charge >= 0.3 is 5.97 Å². The second-order valence-electron chi connectivity index (χ2n) is 3.71. The quantitative estimate of drug-likeness (QED) is 0.498. The normalized spacial score (nSPS) is 11.1. The average Bonchev–Trinajstić information content (AvgIpc) is 2.26. The summed E-state index contributed by atoms with van der Waals surface area (Å²) in [6, 6.07) is 1.17. The summed E-state index contributed by atoms with van der Waals surface area (Å²) in [6.45, 7) is -0.286. The number of nitro groups is 1. The van der Waals surface area contributed by atoms with Gasteiger partial charge in [0.15, 0.2) is 0 Å². The molecule has 0 aliphatic rings. The zero-order valence-corrected chi connectivity index (χ0v) is 10.7. The number of hydrogen-bond donors (Lipinski definition) is 3. The number of nitrogens with one attached hydrogen (secondary N) is 1. The van der Waals surface area contributed by atoms with E-state index in [1.54, 1.807) is 0 Å². The molecule has 1 aromatic rings. The lowest BCUT2D eigenvalue weighted by atomic mass is 10.1. The van der Waals surface area contributed by atoms with E-state index in [1.165, 1.54) is 0 Å². The number of carbonyl (C=O) groups is 1. The fourth-order valence-electron chi connectivity index (χ4n) is 1.35. The van der Waals surface area contributed by atoms with Crippen molar-refractivity contribution in [3.63, 3.8) is 0 Å². The van der Waals surface area contributed by atoms with E-state index in [-0.39, 0.29) is 12.2 Å². The lowest BCUT2D eigenvalue weighted by Gasteiger charge is -2.08. The van der Waals surface area contributed by atoms with Gasteiger partial charge in [-0.1, -0.05) is 0 Å². The molecule has 20 heavy (non-hydrogen) atoms. The van der Waals surface area contributed by atoms with Crippen molar-refractivity contribution in [1.29, 1.82) is 0 Å². The predicted molar refractivity (Wildman–Crippen MR) is 66.5 cm³/mol. The van der Waals surface area contributed by atoms with Crippen molar-refractivity contribution < 1.29 is 27.6 Å². The SMILES string of the molecule is NS(=O)(=O)CCNc1cc(F)c(C(=O)O)cc1[N+](=O)[O-]. The Bertz CT molecular complexity index is 660. The van der Waals surface area contributed by atoms with E-state index in [4.69, 9.17) is 10.2 Å². The van der Waals surface area contributed by atoms with Crippen molar-refractivity contribution in [1.82, 2.24) is 0 Å². The molecule has 0 bridgehead atoms. The maximum Gasteiger partial charge on any atom is 0.338 e. The van der Waals surface area contributed by atoms with Crippen LogP contribution in [0.3, 0.4) is 0 Å². The van der Waals surface area contributed by atoms with Crippen molar-refractivity contribution in [2.45, 2.75) is 0 Å². The highest BCUT2D eigenvalue weighted by atomic mass is 32.2. The monoisotopic (exact) mass is 307 g/mol. The molecule has 0 fully saturated rings. The summed E-state index contributed by atoms with van der Waals surface area (Å²) in [5.74, 6) is -3.35. The number of nitro benzene ring substituents is 1. The lowest BCUT2D eigenvalue weighted by Crippen LogP contribution is -2.22. The zero-order chi connectivity index (χ0) is 15.5. The standard InChI is InChI=1S/C9H10FN3O6S/c10-6-4-7(12-1-2-20(11,18)19)8(13(16)17)3-5(6)9(14)15/h3-4,12H,1-2H2,(H,14,15)(H2,11,18,19). The van der Waals surface area contributed by atoms with Gasteiger partial charge in [-0.05, 0) is 0 Å². The molecule has 0 aliphatic carbocycles. The van der Waals surface area contributed by atoms with Crippen LogP contribution in [0, 0.1) is 15.9 Å². The number of carboxylic acid groups (broad SMARTS) is 1. The molecule has 0 radical (unpaired) electrons. The Labute approximate surface area is 112 Å². The number of benzene rings is 1. The number of anilines is 1. The van der Waals surface area contributed by atoms with Crippen LogP contribution in [-0.2, 0) is 10.0 Å². The van der Waals surface area contributed by atoms with Crippen LogP contribution in [0.1, 0.15) is 10.4 Å². The second-order valence-corrected chi connectivity index (χ2v) is 5.44. The van der Waals surface area contributed by atoms with Gasteiger partial charge in [0.25, 0.3) is 5.69 Å². The van der Waals surface area contributed by atoms with Crippen molar-refractivity contribution in [2.24, 2.45) is 5.14 Å². The van der Waals surface area contributed by atoms with E-state index in [1.807, 2.05) is 0 Å². The van der Waals surface area contributed by atoms with Gasteiger partial charge < -0.3 is 10.4 Å². The molecule has 110 valence electrons. The fourth-order valence-corrected chi connectivity index (χ4v) is 1.73. The topological polar surface area (TPSA) is 153 Å². The summed E-state index contributed by atoms with van der Waals surface area (Å²) >= 11 is 0. The Morgan fingerprint density at radius 3 is 2.55 bits per heavy atom. The minimum Gasteiger partial charge on any atom is -0.478 e. The van der Waals surface area contributed by atoms with Gasteiger partial charge in [0, 0.05) is 18.7 Å². The van der Waals surface area contributed by atoms with Gasteiger partial charge in [-0.15, -0.1) is 0 Å². The molecule has 9 nitrogen and oxygen atoms in total. The van der Waals surface area contributed by atoms with Gasteiger partial charge in [0.05, 0.1) is 10.7 Å². The van der Waals surface area contributed by atoms with E-state index < -0.39 is 43.7 Å². The second kappa shape index (κ2) is 5.79. The number of aromatic carboxylic acids is 1. The maximum absolute atomic E-state index is 13.4. The third-order valence-electron chi connectivity index (χ3n) is 2.21. The number of rotatable bonds is 6. The first kappa shape index (κ1) is 15.8. The number of nitrogens with two attached hydrogens (primary N) is 1. The minimum absolute atomic E-state index is 0.286. The third kappa shape index (κ3) is 4.13. The van der Waals surface area contributed by atoms with Crippen molar-refractivity contribution >= 4 is 27.4 Å². The highest BCUT2D eigenvalue weighted by molar-refractivity contribution is 7.89. The lowest BCUT2D eigenvalue weighted by molar-refractivity contribution is -0.384. The molecule has 0 amide bonds. The molecule has 1 aromatic carbocycles. The molecule has 1 rings (SSSR count). The van der Waals surface area contributed by atoms with Gasteiger partial charge in [0.2, 0.25) is 10.0 Å². The van der Waals surface area contributed by atoms with Crippen LogP contribution in [0.4, 0.5) is 15.8 Å². The molecule has 11 heteroatoms. The molecule has 0 unspecified atom stereocenters. The van der Waals surface area contributed by atoms with E-state index >= 15 is 0 Å². The van der Waals surface area contributed by atoms with Crippen LogP contribution < -0.4 is 10.5 Å². The largest absolute Gasteiger partial charge is 0.478 e. The summed E-state index contributed by atoms with van der Waals surface area (Å²) in [5.41, 5.74) is -1.87. The van der Waals surface area contributed by atoms with Gasteiger partial charge in [-0.2, -0.15) is 0 Å². The molecular weight excluding hydrogens is 297 g/mol. The Balaban J connectivity index is 3.09. The number of nitrogens with zero attached hydrogens (tertiary/aromatic N) is 1. The molecule has 0 saturated heterocycles. The summed E-state index contributed by atoms with van der Waals surface area (Å²) in [4.78, 5) is 20.5. The molecule has 4 N–H and O–H groups in total. The number of hydrogen-bond acceptors (Lipinski definition) is 6. The van der Waals surface area contributed by atoms with E-state index in [0.29, 0.717) is 12.1 Å². The predicted octanol–water partition coefficient (Wildman–Crippen LogP) is 0.133. The van der Waals surface area contributed by atoms with Crippen LogP contribution in [0.5, 0.6) is 0 Å². The number of carboxylic acids is 1. The molecule has 0 spiro atoms. The first-order valence-electron chi connectivity index (χ1n) is 5.07. The van der Waals surface area contributed by atoms with Crippen LogP contribution in [0.25, 0.3) is 0 Å². The number of halogens is 1. The summed E-state index contributed by atoms with van der Waals surface area (Å²) in [6.07, 6.45) is 0. The van der Waals surface area contributed by atoms with Crippen LogP contribution >= 0.6 is 0 Å². The molecule has 0 heterocycles. The molecular formula is C9H10FN3O6S. The molecule has 0 atom stereocenters. The number of sulfonamides is 1. The van der Waals surface area contributed by atoms with Crippen molar-refractivity contribution in [3.8, 4) is 0 Å². The van der Waals surface area contributed by atoms with Gasteiger partial charge in [0.1, 0.15) is 17.1 Å². The van der Waals surface area contributed by atoms with E-state index in [0.717, 1.165) is 0 Å². The first-order chi connectivity index (χ1) is 9.11. The first-order valence-corrected chi connectivity index (χ1v) is 6.79. The summed E-state index contributed by atoms with van der Waals surface area (Å²) in [5, 5.41) is 26.5. The number of primary sulfonamides is 1. The summed E-state index contributed by atoms with van der Waals surface area (Å²) in [7, 11) is -3.78. The van der Waals surface area contributed by atoms with Gasteiger partial charge in [-0.3, -0.25) is 10.1 Å². The van der Waals surface area contributed by atoms with Crippen LogP contribution in [-0.4, -0.2) is 36.7 Å². The minimum atomic E-state index is -3.78. The fraction of sp³-hybridized carbons (Fsp3) is 0.222. The summed E-state index contributed by atoms with van der Waals surface area (Å²) < 4.78 is 34.8. The zero-order valence-electron chi connectivity index (χ0n) is 9.87. The highest BCUT2D eigenvalue weighted by Crippen LogP contribution is 2.27. The Kier molecular flexibility index (Phi) is 4.57. The van der Waals surface area contributed by atoms with Crippen LogP contribution in [0.2, 0.25) is 0 Å². The van der Waals surface area contributed by atoms with Crippen molar-refractivity contribution in [3.05, 3.63) is 33.6 Å². The Morgan fingerprint density at radius 2 is 2.10 bits per heavy atom. The van der Waals surface area contributed by atoms with Crippen molar-refractivity contribution in [2.75, 3.05) is 17.6 Å². The maximum atomic E-state index is 13.4. The highest BCUT2D eigenvalue weighted by Gasteiger charge is 2.21. The third-order valence-corrected chi connectivity index (χ3v) is 2.99.